The highest BCUT2D eigenvalue weighted by Crippen LogP contribution is 2.21. The lowest BCUT2D eigenvalue weighted by Gasteiger charge is -2.22. The van der Waals surface area contributed by atoms with Gasteiger partial charge in [0.2, 0.25) is 11.8 Å². The fourth-order valence-corrected chi connectivity index (χ4v) is 4.57. The van der Waals surface area contributed by atoms with Crippen LogP contribution in [0.4, 0.5) is 0 Å². The molecule has 3 amide bonds. The second kappa shape index (κ2) is 14.3. The maximum Gasteiger partial charge on any atom is 0.255 e. The normalized spacial score (nSPS) is 17.4. The summed E-state index contributed by atoms with van der Waals surface area (Å²) in [5.74, 6) is -0.137. The van der Waals surface area contributed by atoms with Crippen LogP contribution in [-0.4, -0.2) is 63.4 Å². The lowest BCUT2D eigenvalue weighted by molar-refractivity contribution is -0.132. The molecule has 1 aliphatic heterocycles. The first-order valence-electron chi connectivity index (χ1n) is 13.9. The average molecular weight is 547 g/mol. The van der Waals surface area contributed by atoms with E-state index >= 15 is 0 Å². The van der Waals surface area contributed by atoms with Gasteiger partial charge in [-0.1, -0.05) is 41.6 Å². The Morgan fingerprint density at radius 3 is 2.75 bits per heavy atom. The van der Waals surface area contributed by atoms with Crippen molar-refractivity contribution in [3.05, 3.63) is 77.1 Å². The van der Waals surface area contributed by atoms with Gasteiger partial charge in [0.15, 0.2) is 0 Å². The van der Waals surface area contributed by atoms with E-state index in [1.807, 2.05) is 43.5 Å². The molecule has 2 N–H and O–H groups in total. The Morgan fingerprint density at radius 2 is 1.93 bits per heavy atom. The Labute approximate surface area is 235 Å². The summed E-state index contributed by atoms with van der Waals surface area (Å²) in [6.07, 6.45) is 5.09. The number of carbonyl (C=O) groups is 3. The zero-order valence-corrected chi connectivity index (χ0v) is 23.3. The number of carbonyl (C=O) groups excluding carboxylic acids is 3. The molecule has 1 aliphatic rings. The number of aromatic nitrogens is 3. The SMILES string of the molecule is Cc1ccc2c(c1)OCCCn1cc(nn1)CN(C(=O)CCCc1ccccc1)CCCNC(=O)[C@@H](C)NC2=O. The monoisotopic (exact) mass is 546 g/mol. The van der Waals surface area contributed by atoms with E-state index in [1.54, 1.807) is 22.6 Å². The first-order chi connectivity index (χ1) is 19.4. The fourth-order valence-electron chi connectivity index (χ4n) is 4.57. The molecular weight excluding hydrogens is 508 g/mol. The van der Waals surface area contributed by atoms with Gasteiger partial charge in [-0.05, 0) is 56.4 Å². The maximum atomic E-state index is 13.2. The molecule has 10 nitrogen and oxygen atoms in total. The predicted octanol–water partition coefficient (Wildman–Crippen LogP) is 3.05. The topological polar surface area (TPSA) is 118 Å². The summed E-state index contributed by atoms with van der Waals surface area (Å²) in [4.78, 5) is 40.6. The molecular formula is C30H38N6O4. The number of ether oxygens (including phenoxy) is 1. The highest BCUT2D eigenvalue weighted by atomic mass is 16.5. The molecule has 0 aliphatic carbocycles. The van der Waals surface area contributed by atoms with Gasteiger partial charge >= 0.3 is 0 Å². The number of rotatable bonds is 4. The number of aryl methyl sites for hydroxylation is 3. The van der Waals surface area contributed by atoms with Crippen molar-refractivity contribution in [3.8, 4) is 5.75 Å². The number of amides is 3. The fraction of sp³-hybridized carbons (Fsp3) is 0.433. The number of nitrogens with one attached hydrogen (secondary N) is 2. The molecule has 3 aromatic rings. The van der Waals surface area contributed by atoms with Crippen molar-refractivity contribution in [1.82, 2.24) is 30.5 Å². The quantitative estimate of drug-likeness (QED) is 0.519. The van der Waals surface area contributed by atoms with Crippen molar-refractivity contribution < 1.29 is 19.1 Å². The van der Waals surface area contributed by atoms with Crippen molar-refractivity contribution in [3.63, 3.8) is 0 Å². The van der Waals surface area contributed by atoms with Crippen LogP contribution in [0.25, 0.3) is 0 Å². The van der Waals surface area contributed by atoms with E-state index in [4.69, 9.17) is 4.74 Å². The van der Waals surface area contributed by atoms with Crippen LogP contribution < -0.4 is 15.4 Å². The molecule has 1 aromatic heterocycles. The summed E-state index contributed by atoms with van der Waals surface area (Å²) >= 11 is 0. The minimum Gasteiger partial charge on any atom is -0.493 e. The van der Waals surface area contributed by atoms with Gasteiger partial charge in [-0.25, -0.2) is 0 Å². The summed E-state index contributed by atoms with van der Waals surface area (Å²) in [5.41, 5.74) is 3.27. The Bertz CT molecular complexity index is 1290. The highest BCUT2D eigenvalue weighted by molar-refractivity contribution is 5.99. The molecule has 0 spiro atoms. The number of hydrogen-bond acceptors (Lipinski definition) is 6. The Morgan fingerprint density at radius 1 is 1.10 bits per heavy atom. The van der Waals surface area contributed by atoms with E-state index in [0.29, 0.717) is 69.1 Å². The number of benzene rings is 2. The number of fused-ring (bicyclic) bond motifs is 3. The summed E-state index contributed by atoms with van der Waals surface area (Å²) in [6, 6.07) is 14.8. The first-order valence-corrected chi connectivity index (χ1v) is 13.9. The zero-order valence-electron chi connectivity index (χ0n) is 23.3. The minimum absolute atomic E-state index is 0.0461. The second-order valence-corrected chi connectivity index (χ2v) is 10.2. The van der Waals surface area contributed by atoms with E-state index in [-0.39, 0.29) is 17.7 Å². The minimum atomic E-state index is -0.728. The van der Waals surface area contributed by atoms with Crippen LogP contribution in [0, 0.1) is 6.92 Å². The third-order valence-corrected chi connectivity index (χ3v) is 6.81. The molecule has 4 rings (SSSR count). The van der Waals surface area contributed by atoms with Crippen LogP contribution >= 0.6 is 0 Å². The van der Waals surface area contributed by atoms with Crippen LogP contribution in [0.15, 0.2) is 54.7 Å². The van der Waals surface area contributed by atoms with E-state index in [0.717, 1.165) is 18.4 Å². The van der Waals surface area contributed by atoms with Gasteiger partial charge in [0, 0.05) is 32.5 Å². The van der Waals surface area contributed by atoms with Gasteiger partial charge in [-0.15, -0.1) is 5.10 Å². The van der Waals surface area contributed by atoms with E-state index < -0.39 is 6.04 Å². The largest absolute Gasteiger partial charge is 0.493 e. The van der Waals surface area contributed by atoms with Crippen LogP contribution in [0.1, 0.15) is 59.8 Å². The van der Waals surface area contributed by atoms with Gasteiger partial charge < -0.3 is 20.3 Å². The second-order valence-electron chi connectivity index (χ2n) is 10.2. The third kappa shape index (κ3) is 8.39. The molecule has 2 heterocycles. The molecule has 2 aromatic carbocycles. The Kier molecular flexibility index (Phi) is 10.3. The lowest BCUT2D eigenvalue weighted by Crippen LogP contribution is -2.45. The summed E-state index contributed by atoms with van der Waals surface area (Å²) in [5, 5.41) is 14.1. The molecule has 212 valence electrons. The first kappa shape index (κ1) is 28.8. The van der Waals surface area contributed by atoms with Crippen LogP contribution in [-0.2, 0) is 29.1 Å². The zero-order chi connectivity index (χ0) is 28.3. The van der Waals surface area contributed by atoms with Crippen molar-refractivity contribution in [2.45, 2.75) is 65.1 Å². The third-order valence-electron chi connectivity index (χ3n) is 6.81. The molecule has 0 fully saturated rings. The lowest BCUT2D eigenvalue weighted by atomic mass is 10.1. The summed E-state index contributed by atoms with van der Waals surface area (Å²) in [6.45, 7) is 5.74. The Hall–Kier alpha value is -4.21. The number of hydrogen-bond donors (Lipinski definition) is 2. The molecule has 40 heavy (non-hydrogen) atoms. The highest BCUT2D eigenvalue weighted by Gasteiger charge is 2.20. The van der Waals surface area contributed by atoms with Gasteiger partial charge in [0.25, 0.3) is 5.91 Å². The number of nitrogens with zero attached hydrogens (tertiary/aromatic N) is 4. The average Bonchev–Trinajstić information content (AvgIpc) is 3.39. The molecule has 0 unspecified atom stereocenters. The van der Waals surface area contributed by atoms with Gasteiger partial charge in [0.05, 0.1) is 24.9 Å². The molecule has 0 radical (unpaired) electrons. The van der Waals surface area contributed by atoms with Crippen molar-refractivity contribution in [2.75, 3.05) is 19.7 Å². The molecule has 10 heteroatoms. The van der Waals surface area contributed by atoms with E-state index in [2.05, 4.69) is 33.1 Å². The standard InChI is InChI=1S/C30H38N6O4/c1-22-13-14-26-27(19-22)40-18-8-17-36-21-25(33-34-36)20-35(16-7-15-31-29(38)23(2)32-30(26)39)28(37)12-6-11-24-9-4-3-5-10-24/h3-5,9-10,13-14,19,21,23H,6-8,11-12,15-18,20H2,1-2H3,(H,31,38)(H,32,39)/t23-/m1/s1. The maximum absolute atomic E-state index is 13.2. The molecule has 2 bridgehead atoms. The Balaban J connectivity index is 1.43. The van der Waals surface area contributed by atoms with Crippen molar-refractivity contribution in [1.29, 1.82) is 0 Å². The molecule has 0 saturated heterocycles. The summed E-state index contributed by atoms with van der Waals surface area (Å²) < 4.78 is 7.70. The van der Waals surface area contributed by atoms with Crippen molar-refractivity contribution in [2.24, 2.45) is 0 Å². The van der Waals surface area contributed by atoms with Gasteiger partial charge in [0.1, 0.15) is 17.5 Å². The smallest absolute Gasteiger partial charge is 0.255 e. The van der Waals surface area contributed by atoms with Crippen molar-refractivity contribution >= 4 is 17.7 Å². The van der Waals surface area contributed by atoms with Crippen LogP contribution in [0.3, 0.4) is 0 Å². The van der Waals surface area contributed by atoms with Crippen LogP contribution in [0.5, 0.6) is 5.75 Å². The van der Waals surface area contributed by atoms with Crippen LogP contribution in [0.2, 0.25) is 0 Å². The van der Waals surface area contributed by atoms with Gasteiger partial charge in [-0.2, -0.15) is 0 Å². The van der Waals surface area contributed by atoms with Gasteiger partial charge in [-0.3, -0.25) is 19.1 Å². The predicted molar refractivity (Wildman–Crippen MR) is 151 cm³/mol. The molecule has 1 atom stereocenters. The van der Waals surface area contributed by atoms with E-state index in [1.165, 1.54) is 5.56 Å². The van der Waals surface area contributed by atoms with E-state index in [9.17, 15) is 14.4 Å². The summed E-state index contributed by atoms with van der Waals surface area (Å²) in [7, 11) is 0. The molecule has 0 saturated carbocycles.